The van der Waals surface area contributed by atoms with Crippen LogP contribution in [-0.2, 0) is 11.3 Å². The first kappa shape index (κ1) is 24.7. The number of nitrogens with two attached hydrogens (primary N) is 2. The summed E-state index contributed by atoms with van der Waals surface area (Å²) in [5, 5.41) is 9.10. The van der Waals surface area contributed by atoms with Crippen LogP contribution in [0.1, 0.15) is 49.2 Å². The highest BCUT2D eigenvalue weighted by Crippen LogP contribution is 2.79. The number of ether oxygens (including phenoxy) is 1. The van der Waals surface area contributed by atoms with Gasteiger partial charge < -0.3 is 21.1 Å². The second-order valence-corrected chi connectivity index (χ2v) is 11.9. The molecule has 1 unspecified atom stereocenters. The molecule has 10 nitrogen and oxygen atoms in total. The number of hydrogen-bond acceptors (Lipinski definition) is 6. The van der Waals surface area contributed by atoms with Crippen molar-refractivity contribution in [2.45, 2.75) is 45.4 Å². The number of amides is 2. The van der Waals surface area contributed by atoms with Crippen LogP contribution in [0.5, 0.6) is 0 Å². The number of nitrogen functional groups attached to an aromatic ring is 1. The summed E-state index contributed by atoms with van der Waals surface area (Å²) in [5.41, 5.74) is 13.3. The molecule has 200 valence electrons. The highest BCUT2D eigenvalue weighted by Gasteiger charge is 2.79. The van der Waals surface area contributed by atoms with Crippen molar-refractivity contribution < 1.29 is 18.7 Å². The van der Waals surface area contributed by atoms with Gasteiger partial charge in [-0.2, -0.15) is 10.2 Å². The molecule has 3 heterocycles. The van der Waals surface area contributed by atoms with Gasteiger partial charge in [0, 0.05) is 30.3 Å². The van der Waals surface area contributed by atoms with Crippen molar-refractivity contribution in [3.8, 4) is 11.3 Å². The van der Waals surface area contributed by atoms with Crippen molar-refractivity contribution in [2.75, 3.05) is 18.8 Å². The molecule has 1 spiro atoms. The van der Waals surface area contributed by atoms with Gasteiger partial charge in [-0.25, -0.2) is 13.9 Å². The van der Waals surface area contributed by atoms with E-state index in [0.29, 0.717) is 41.7 Å². The van der Waals surface area contributed by atoms with Gasteiger partial charge in [0.2, 0.25) is 0 Å². The van der Waals surface area contributed by atoms with Crippen LogP contribution < -0.4 is 11.5 Å². The van der Waals surface area contributed by atoms with Crippen LogP contribution in [0.3, 0.4) is 0 Å². The molecule has 6 rings (SSSR count). The molecule has 1 saturated heterocycles. The summed E-state index contributed by atoms with van der Waals surface area (Å²) in [6.07, 6.45) is 3.79. The lowest BCUT2D eigenvalue weighted by Crippen LogP contribution is -2.42. The third kappa shape index (κ3) is 3.74. The first-order valence-electron chi connectivity index (χ1n) is 12.5. The maximum Gasteiger partial charge on any atom is 0.410 e. The zero-order valence-electron chi connectivity index (χ0n) is 21.3. The summed E-state index contributed by atoms with van der Waals surface area (Å²) < 4.78 is 22.7. The molecule has 12 heteroatoms. The zero-order valence-corrected chi connectivity index (χ0v) is 22.1. The monoisotopic (exact) mass is 541 g/mol. The van der Waals surface area contributed by atoms with Crippen LogP contribution in [0.2, 0.25) is 5.02 Å². The van der Waals surface area contributed by atoms with Crippen molar-refractivity contribution in [2.24, 2.45) is 23.0 Å². The third-order valence-corrected chi connectivity index (χ3v) is 8.49. The molecule has 2 aliphatic carbocycles. The summed E-state index contributed by atoms with van der Waals surface area (Å²) in [4.78, 5) is 26.7. The van der Waals surface area contributed by atoms with E-state index in [9.17, 15) is 14.0 Å². The normalized spacial score (nSPS) is 25.5. The highest BCUT2D eigenvalue weighted by molar-refractivity contribution is 6.31. The number of piperidine rings is 1. The molecular formula is C26H29ClFN7O3. The fourth-order valence-corrected chi connectivity index (χ4v) is 6.60. The Hall–Kier alpha value is -3.60. The van der Waals surface area contributed by atoms with Gasteiger partial charge in [-0.1, -0.05) is 23.7 Å². The summed E-state index contributed by atoms with van der Waals surface area (Å²) in [7, 11) is 0. The molecule has 0 radical (unpaired) electrons. The van der Waals surface area contributed by atoms with E-state index in [0.717, 1.165) is 6.42 Å². The number of carbonyl (C=O) groups excluding carboxylic acids is 2. The maximum absolute atomic E-state index is 13.8. The second kappa shape index (κ2) is 8.20. The molecule has 2 saturated carbocycles. The van der Waals surface area contributed by atoms with Crippen LogP contribution in [0.4, 0.5) is 15.0 Å². The number of aromatic nitrogens is 4. The zero-order chi connectivity index (χ0) is 27.1. The molecular weight excluding hydrogens is 513 g/mol. The molecule has 3 fully saturated rings. The van der Waals surface area contributed by atoms with Gasteiger partial charge in [-0.05, 0) is 50.7 Å². The van der Waals surface area contributed by atoms with E-state index in [-0.39, 0.29) is 40.5 Å². The molecule has 38 heavy (non-hydrogen) atoms. The molecule has 3 aliphatic rings. The Balaban J connectivity index is 1.21. The Labute approximate surface area is 223 Å². The van der Waals surface area contributed by atoms with Crippen molar-refractivity contribution in [1.82, 2.24) is 24.5 Å². The quantitative estimate of drug-likeness (QED) is 0.506. The van der Waals surface area contributed by atoms with Gasteiger partial charge in [0.05, 0.1) is 23.8 Å². The number of anilines is 1. The van der Waals surface area contributed by atoms with Crippen molar-refractivity contribution in [3.63, 3.8) is 0 Å². The van der Waals surface area contributed by atoms with Gasteiger partial charge in [0.15, 0.2) is 0 Å². The molecule has 4 N–H and O–H groups in total. The van der Waals surface area contributed by atoms with E-state index >= 15 is 0 Å². The summed E-state index contributed by atoms with van der Waals surface area (Å²) in [6.45, 7) is 7.11. The Bertz CT molecular complexity index is 1480. The topological polar surface area (TPSA) is 134 Å². The number of carbonyl (C=O) groups is 2. The predicted molar refractivity (Wildman–Crippen MR) is 138 cm³/mol. The fraction of sp³-hybridized carbons (Fsp3) is 0.462. The Morgan fingerprint density at radius 1 is 1.32 bits per heavy atom. The smallest absolute Gasteiger partial charge is 0.410 e. The number of hydrogen-bond donors (Lipinski definition) is 2. The average molecular weight is 542 g/mol. The number of benzene rings is 1. The Morgan fingerprint density at radius 3 is 2.76 bits per heavy atom. The summed E-state index contributed by atoms with van der Waals surface area (Å²) >= 11 is 6.09. The average Bonchev–Trinajstić information content (AvgIpc) is 3.31. The van der Waals surface area contributed by atoms with Crippen LogP contribution in [0.15, 0.2) is 30.6 Å². The standard InChI is InChI=1S/C26H29ClFN7O3/c1-25(2,3)38-24(37)33-11-15-19-17(7-26(15,19)12-33)35-22(29)18(23(30)36)21(32-35)14-8-31-34(10-14)9-13-5-4-6-16(28)20(13)27/h4-6,8,10,15,17,19H,7,9,11-12,29H2,1-3H3,(H2,30,36)/t15?,17-,19-,26+/m1/s1. The van der Waals surface area contributed by atoms with Crippen LogP contribution in [0, 0.1) is 23.1 Å². The van der Waals surface area contributed by atoms with Crippen molar-refractivity contribution in [3.05, 3.63) is 52.6 Å². The van der Waals surface area contributed by atoms with E-state index in [1.807, 2.05) is 20.8 Å². The Kier molecular flexibility index (Phi) is 5.33. The van der Waals surface area contributed by atoms with E-state index in [1.165, 1.54) is 6.07 Å². The number of likely N-dealkylation sites (tertiary alicyclic amines) is 1. The van der Waals surface area contributed by atoms with E-state index < -0.39 is 17.3 Å². The lowest BCUT2D eigenvalue weighted by Gasteiger charge is -2.37. The van der Waals surface area contributed by atoms with Crippen LogP contribution in [0.25, 0.3) is 11.3 Å². The van der Waals surface area contributed by atoms with E-state index in [1.54, 1.807) is 38.8 Å². The number of halogens is 2. The number of nitrogens with zero attached hydrogens (tertiary/aromatic N) is 5. The molecule has 0 bridgehead atoms. The number of fused-ring (bicyclic) bond motifs is 1. The SMILES string of the molecule is CC(C)(C)OC(=O)N1CC2[C@@H]3[C@H](n4nc(-c5cnn(Cc6cccc(F)c6Cl)c5)c(C(N)=O)c4N)C[C@]23C1. The van der Waals surface area contributed by atoms with E-state index in [4.69, 9.17) is 32.9 Å². The summed E-state index contributed by atoms with van der Waals surface area (Å²) in [5.74, 6) is -0.276. The first-order valence-corrected chi connectivity index (χ1v) is 12.9. The largest absolute Gasteiger partial charge is 0.444 e. The van der Waals surface area contributed by atoms with Gasteiger partial charge >= 0.3 is 6.09 Å². The van der Waals surface area contributed by atoms with Crippen molar-refractivity contribution >= 4 is 29.4 Å². The Morgan fingerprint density at radius 2 is 2.08 bits per heavy atom. The second-order valence-electron chi connectivity index (χ2n) is 11.6. The minimum absolute atomic E-state index is 0.0220. The third-order valence-electron chi connectivity index (χ3n) is 8.06. The van der Waals surface area contributed by atoms with E-state index in [2.05, 4.69) is 5.10 Å². The first-order chi connectivity index (χ1) is 17.9. The van der Waals surface area contributed by atoms with Gasteiger partial charge in [-0.15, -0.1) is 0 Å². The van der Waals surface area contributed by atoms with Crippen LogP contribution >= 0.6 is 11.6 Å². The molecule has 3 aromatic rings. The van der Waals surface area contributed by atoms with Crippen LogP contribution in [-0.4, -0.2) is 55.2 Å². The molecule has 4 atom stereocenters. The minimum atomic E-state index is -0.675. The molecule has 2 aromatic heterocycles. The number of rotatable bonds is 5. The van der Waals surface area contributed by atoms with Gasteiger partial charge in [-0.3, -0.25) is 9.48 Å². The molecule has 1 aromatic carbocycles. The lowest BCUT2D eigenvalue weighted by atomic mass is 9.80. The molecule has 2 amide bonds. The fourth-order valence-electron chi connectivity index (χ4n) is 6.41. The predicted octanol–water partition coefficient (Wildman–Crippen LogP) is 3.70. The number of primary amides is 1. The van der Waals surface area contributed by atoms with Gasteiger partial charge in [0.25, 0.3) is 5.91 Å². The maximum atomic E-state index is 13.8. The van der Waals surface area contributed by atoms with Gasteiger partial charge in [0.1, 0.15) is 28.5 Å². The minimum Gasteiger partial charge on any atom is -0.444 e. The van der Waals surface area contributed by atoms with Crippen molar-refractivity contribution in [1.29, 1.82) is 0 Å². The lowest BCUT2D eigenvalue weighted by molar-refractivity contribution is 0.0190. The molecule has 1 aliphatic heterocycles. The highest BCUT2D eigenvalue weighted by atomic mass is 35.5. The summed E-state index contributed by atoms with van der Waals surface area (Å²) in [6, 6.07) is 4.62.